The molecule has 0 aliphatic heterocycles. The van der Waals surface area contributed by atoms with Crippen LogP contribution >= 0.6 is 15.9 Å². The lowest BCUT2D eigenvalue weighted by atomic mass is 10.2. The molecule has 5 nitrogen and oxygen atoms in total. The molecule has 1 heterocycles. The van der Waals surface area contributed by atoms with Crippen molar-refractivity contribution in [3.8, 4) is 5.75 Å². The van der Waals surface area contributed by atoms with Gasteiger partial charge in [0.25, 0.3) is 0 Å². The molecule has 0 N–H and O–H groups in total. The van der Waals surface area contributed by atoms with Gasteiger partial charge in [-0.25, -0.2) is 9.78 Å². The number of fused-ring (bicyclic) bond motifs is 1. The van der Waals surface area contributed by atoms with Gasteiger partial charge in [0.15, 0.2) is 0 Å². The van der Waals surface area contributed by atoms with E-state index >= 15 is 0 Å². The van der Waals surface area contributed by atoms with E-state index in [4.69, 9.17) is 9.47 Å². The summed E-state index contributed by atoms with van der Waals surface area (Å²) in [5, 5.41) is 0. The van der Waals surface area contributed by atoms with Gasteiger partial charge >= 0.3 is 5.97 Å². The monoisotopic (exact) mass is 374 g/mol. The predicted octanol–water partition coefficient (Wildman–Crippen LogP) is 3.64. The van der Waals surface area contributed by atoms with E-state index in [0.29, 0.717) is 12.1 Å². The number of ether oxygens (including phenoxy) is 2. The van der Waals surface area contributed by atoms with Crippen LogP contribution in [0.2, 0.25) is 0 Å². The van der Waals surface area contributed by atoms with Crippen LogP contribution in [0.5, 0.6) is 5.75 Å². The third-order valence-corrected chi connectivity index (χ3v) is 4.22. The van der Waals surface area contributed by atoms with E-state index in [1.165, 1.54) is 7.11 Å². The van der Waals surface area contributed by atoms with Crippen LogP contribution in [0.15, 0.2) is 47.2 Å². The van der Waals surface area contributed by atoms with E-state index in [-0.39, 0.29) is 5.97 Å². The van der Waals surface area contributed by atoms with Crippen molar-refractivity contribution in [2.45, 2.75) is 6.54 Å². The zero-order valence-electron chi connectivity index (χ0n) is 12.7. The smallest absolute Gasteiger partial charge is 0.337 e. The van der Waals surface area contributed by atoms with Gasteiger partial charge in [0.2, 0.25) is 0 Å². The number of carbonyl (C=O) groups excluding carboxylic acids is 1. The van der Waals surface area contributed by atoms with Crippen LogP contribution in [0, 0.1) is 0 Å². The van der Waals surface area contributed by atoms with Crippen LogP contribution in [0.25, 0.3) is 11.0 Å². The standard InChI is InChI=1S/C17H15BrN2O3/c1-22-13-5-3-11(4-6-13)9-20-10-19-16-14(18)7-12(8-15(16)20)17(21)23-2/h3-8,10H,9H2,1-2H3. The molecule has 1 aromatic heterocycles. The number of benzene rings is 2. The number of aromatic nitrogens is 2. The summed E-state index contributed by atoms with van der Waals surface area (Å²) in [7, 11) is 3.01. The van der Waals surface area contributed by atoms with Crippen molar-refractivity contribution >= 4 is 32.9 Å². The first-order chi connectivity index (χ1) is 11.1. The largest absolute Gasteiger partial charge is 0.497 e. The Morgan fingerprint density at radius 1 is 1.22 bits per heavy atom. The predicted molar refractivity (Wildman–Crippen MR) is 90.9 cm³/mol. The Hall–Kier alpha value is -2.34. The van der Waals surface area contributed by atoms with Crippen LogP contribution in [-0.2, 0) is 11.3 Å². The van der Waals surface area contributed by atoms with Gasteiger partial charge in [-0.05, 0) is 45.8 Å². The number of rotatable bonds is 4. The van der Waals surface area contributed by atoms with Crippen molar-refractivity contribution in [1.82, 2.24) is 9.55 Å². The Labute approximate surface area is 142 Å². The summed E-state index contributed by atoms with van der Waals surface area (Å²) in [6.07, 6.45) is 1.76. The van der Waals surface area contributed by atoms with E-state index in [9.17, 15) is 4.79 Å². The number of imidazole rings is 1. The third kappa shape index (κ3) is 3.07. The zero-order valence-corrected chi connectivity index (χ0v) is 14.3. The van der Waals surface area contributed by atoms with E-state index in [1.54, 1.807) is 25.6 Å². The van der Waals surface area contributed by atoms with Crippen molar-refractivity contribution in [1.29, 1.82) is 0 Å². The van der Waals surface area contributed by atoms with Crippen molar-refractivity contribution in [2.24, 2.45) is 0 Å². The second kappa shape index (κ2) is 6.42. The molecule has 0 bridgehead atoms. The lowest BCUT2D eigenvalue weighted by molar-refractivity contribution is 0.0601. The van der Waals surface area contributed by atoms with Gasteiger partial charge in [0, 0.05) is 11.0 Å². The van der Waals surface area contributed by atoms with Gasteiger partial charge in [-0.3, -0.25) is 0 Å². The molecule has 118 valence electrons. The molecule has 0 fully saturated rings. The first-order valence-corrected chi connectivity index (χ1v) is 7.77. The van der Waals surface area contributed by atoms with Crippen LogP contribution in [0.4, 0.5) is 0 Å². The molecule has 23 heavy (non-hydrogen) atoms. The highest BCUT2D eigenvalue weighted by Crippen LogP contribution is 2.26. The minimum absolute atomic E-state index is 0.371. The van der Waals surface area contributed by atoms with Crippen molar-refractivity contribution in [3.63, 3.8) is 0 Å². The number of methoxy groups -OCH3 is 2. The lowest BCUT2D eigenvalue weighted by Crippen LogP contribution is -2.03. The van der Waals surface area contributed by atoms with E-state index in [1.807, 2.05) is 28.8 Å². The number of hydrogen-bond donors (Lipinski definition) is 0. The lowest BCUT2D eigenvalue weighted by Gasteiger charge is -2.07. The van der Waals surface area contributed by atoms with Gasteiger partial charge in [-0.1, -0.05) is 12.1 Å². The van der Waals surface area contributed by atoms with Gasteiger partial charge in [0.05, 0.1) is 31.6 Å². The fraction of sp³-hybridized carbons (Fsp3) is 0.176. The van der Waals surface area contributed by atoms with Crippen molar-refractivity contribution < 1.29 is 14.3 Å². The summed E-state index contributed by atoms with van der Waals surface area (Å²) < 4.78 is 12.7. The van der Waals surface area contributed by atoms with Gasteiger partial charge in [0.1, 0.15) is 11.3 Å². The fourth-order valence-corrected chi connectivity index (χ4v) is 2.96. The first kappa shape index (κ1) is 15.6. The van der Waals surface area contributed by atoms with Gasteiger partial charge < -0.3 is 14.0 Å². The van der Waals surface area contributed by atoms with E-state index in [0.717, 1.165) is 26.8 Å². The average molecular weight is 375 g/mol. The molecule has 0 aliphatic carbocycles. The molecule has 3 rings (SSSR count). The SMILES string of the molecule is COC(=O)c1cc(Br)c2ncn(Cc3ccc(OC)cc3)c2c1. The van der Waals surface area contributed by atoms with Crippen molar-refractivity contribution in [2.75, 3.05) is 14.2 Å². The van der Waals surface area contributed by atoms with Crippen LogP contribution in [-0.4, -0.2) is 29.7 Å². The van der Waals surface area contributed by atoms with Crippen molar-refractivity contribution in [3.05, 3.63) is 58.3 Å². The topological polar surface area (TPSA) is 53.3 Å². The molecule has 0 atom stereocenters. The maximum Gasteiger partial charge on any atom is 0.337 e. The summed E-state index contributed by atoms with van der Waals surface area (Å²) >= 11 is 3.46. The zero-order chi connectivity index (χ0) is 16.4. The number of nitrogens with zero attached hydrogens (tertiary/aromatic N) is 2. The maximum atomic E-state index is 11.8. The van der Waals surface area contributed by atoms with Crippen LogP contribution < -0.4 is 4.74 Å². The van der Waals surface area contributed by atoms with Gasteiger partial charge in [-0.2, -0.15) is 0 Å². The average Bonchev–Trinajstić information content (AvgIpc) is 2.98. The summed E-state index contributed by atoms with van der Waals surface area (Å²) in [6.45, 7) is 0.650. The first-order valence-electron chi connectivity index (χ1n) is 6.98. The molecule has 0 amide bonds. The molecular weight excluding hydrogens is 360 g/mol. The summed E-state index contributed by atoms with van der Waals surface area (Å²) in [5.41, 5.74) is 3.29. The molecular formula is C17H15BrN2O3. The van der Waals surface area contributed by atoms with E-state index < -0.39 is 0 Å². The second-order valence-electron chi connectivity index (χ2n) is 5.04. The Morgan fingerprint density at radius 2 is 1.96 bits per heavy atom. The van der Waals surface area contributed by atoms with E-state index in [2.05, 4.69) is 20.9 Å². The second-order valence-corrected chi connectivity index (χ2v) is 5.89. The highest BCUT2D eigenvalue weighted by molar-refractivity contribution is 9.10. The molecule has 0 spiro atoms. The molecule has 0 radical (unpaired) electrons. The molecule has 3 aromatic rings. The van der Waals surface area contributed by atoms with Crippen LogP contribution in [0.1, 0.15) is 15.9 Å². The minimum atomic E-state index is -0.371. The number of carbonyl (C=O) groups is 1. The van der Waals surface area contributed by atoms with Gasteiger partial charge in [-0.15, -0.1) is 0 Å². The Morgan fingerprint density at radius 3 is 2.61 bits per heavy atom. The molecule has 0 saturated heterocycles. The Kier molecular flexibility index (Phi) is 4.34. The number of halogens is 1. The maximum absolute atomic E-state index is 11.8. The number of esters is 1. The quantitative estimate of drug-likeness (QED) is 0.654. The normalized spacial score (nSPS) is 10.7. The fourth-order valence-electron chi connectivity index (χ4n) is 2.41. The molecule has 6 heteroatoms. The Bertz CT molecular complexity index is 856. The summed E-state index contributed by atoms with van der Waals surface area (Å²) in [4.78, 5) is 16.2. The molecule has 2 aromatic carbocycles. The highest BCUT2D eigenvalue weighted by Gasteiger charge is 2.13. The summed E-state index contributed by atoms with van der Waals surface area (Å²) in [6, 6.07) is 11.4. The van der Waals surface area contributed by atoms with Crippen LogP contribution in [0.3, 0.4) is 0 Å². The minimum Gasteiger partial charge on any atom is -0.497 e. The number of hydrogen-bond acceptors (Lipinski definition) is 4. The summed E-state index contributed by atoms with van der Waals surface area (Å²) in [5.74, 6) is 0.449. The highest BCUT2D eigenvalue weighted by atomic mass is 79.9. The molecule has 0 unspecified atom stereocenters. The Balaban J connectivity index is 2.00. The molecule has 0 saturated carbocycles. The molecule has 0 aliphatic rings. The third-order valence-electron chi connectivity index (χ3n) is 3.61.